The van der Waals surface area contributed by atoms with E-state index in [1.165, 1.54) is 39.9 Å². The van der Waals surface area contributed by atoms with E-state index in [1.807, 2.05) is 0 Å². The van der Waals surface area contributed by atoms with E-state index in [1.54, 1.807) is 6.07 Å². The fourth-order valence-corrected chi connectivity index (χ4v) is 3.81. The topological polar surface area (TPSA) is 98.7 Å². The number of benzene rings is 1. The van der Waals surface area contributed by atoms with E-state index in [-0.39, 0.29) is 17.5 Å². The second-order valence-electron chi connectivity index (χ2n) is 5.45. The number of aromatic nitrogens is 4. The number of nitrogens with two attached hydrogens (primary N) is 1. The summed E-state index contributed by atoms with van der Waals surface area (Å²) < 4.78 is 15.3. The van der Waals surface area contributed by atoms with Gasteiger partial charge in [-0.15, -0.1) is 10.2 Å². The van der Waals surface area contributed by atoms with E-state index >= 15 is 0 Å². The van der Waals surface area contributed by atoms with Gasteiger partial charge in [0.15, 0.2) is 11.0 Å². The van der Waals surface area contributed by atoms with Gasteiger partial charge in [-0.25, -0.2) is 14.1 Å². The number of nitrogens with one attached hydrogen (secondary N) is 1. The number of fused-ring (bicyclic) bond motifs is 1. The quantitative estimate of drug-likeness (QED) is 0.533. The average molecular weight is 364 g/mol. The summed E-state index contributed by atoms with van der Waals surface area (Å²) >= 11 is 2.45. The molecule has 24 heavy (non-hydrogen) atoms. The molecule has 1 amide bonds. The molecule has 0 atom stereocenters. The highest BCUT2D eigenvalue weighted by Crippen LogP contribution is 2.39. The lowest BCUT2D eigenvalue weighted by molar-refractivity contribution is -0.113. The molecule has 1 saturated carbocycles. The van der Waals surface area contributed by atoms with Crippen molar-refractivity contribution in [2.24, 2.45) is 0 Å². The number of nitrogens with zero attached hydrogens (tertiary/aromatic N) is 4. The molecule has 0 spiro atoms. The molecule has 1 fully saturated rings. The molecule has 10 heteroatoms. The van der Waals surface area contributed by atoms with Crippen LogP contribution in [0.5, 0.6) is 0 Å². The number of thioether (sulfide) groups is 1. The summed E-state index contributed by atoms with van der Waals surface area (Å²) in [7, 11) is 0. The summed E-state index contributed by atoms with van der Waals surface area (Å²) in [4.78, 5) is 16.3. The number of carbonyl (C=O) groups excluding carboxylic acids is 1. The summed E-state index contributed by atoms with van der Waals surface area (Å²) in [5, 5.41) is 11.7. The van der Waals surface area contributed by atoms with Crippen LogP contribution in [0.4, 0.5) is 9.52 Å². The molecular formula is C14H13FN6OS2. The van der Waals surface area contributed by atoms with Crippen LogP contribution in [-0.2, 0) is 4.79 Å². The Balaban J connectivity index is 1.39. The Morgan fingerprint density at radius 3 is 3.08 bits per heavy atom. The summed E-state index contributed by atoms with van der Waals surface area (Å²) in [6.45, 7) is 0. The smallest absolute Gasteiger partial charge is 0.236 e. The first kappa shape index (κ1) is 15.3. The lowest BCUT2D eigenvalue weighted by Crippen LogP contribution is -2.17. The fraction of sp³-hybridized carbons (Fsp3) is 0.286. The van der Waals surface area contributed by atoms with Crippen molar-refractivity contribution in [2.75, 3.05) is 16.9 Å². The zero-order valence-electron chi connectivity index (χ0n) is 12.4. The maximum atomic E-state index is 13.2. The predicted octanol–water partition coefficient (Wildman–Crippen LogP) is 2.35. The molecule has 1 aliphatic carbocycles. The van der Waals surface area contributed by atoms with Crippen LogP contribution < -0.4 is 11.2 Å². The molecule has 1 aromatic carbocycles. The molecule has 7 nitrogen and oxygen atoms in total. The molecule has 0 bridgehead atoms. The van der Waals surface area contributed by atoms with Gasteiger partial charge < -0.3 is 11.2 Å². The Morgan fingerprint density at radius 1 is 1.46 bits per heavy atom. The summed E-state index contributed by atoms with van der Waals surface area (Å²) in [5.41, 5.74) is 0.653. The number of hydrogen-bond acceptors (Lipinski definition) is 7. The second kappa shape index (κ2) is 6.02. The van der Waals surface area contributed by atoms with Crippen LogP contribution in [0.3, 0.4) is 0 Å². The highest BCUT2D eigenvalue weighted by atomic mass is 32.2. The third-order valence-electron chi connectivity index (χ3n) is 3.56. The number of nitrogen functional groups attached to an aromatic ring is 1. The zero-order valence-corrected chi connectivity index (χ0v) is 14.0. The highest BCUT2D eigenvalue weighted by molar-refractivity contribution is 7.99. The van der Waals surface area contributed by atoms with E-state index in [2.05, 4.69) is 20.5 Å². The van der Waals surface area contributed by atoms with Crippen molar-refractivity contribution in [3.8, 4) is 0 Å². The number of amides is 1. The highest BCUT2D eigenvalue weighted by Gasteiger charge is 2.30. The zero-order chi connectivity index (χ0) is 16.7. The number of thiazole rings is 1. The summed E-state index contributed by atoms with van der Waals surface area (Å²) in [6, 6.07) is 4.32. The largest absolute Gasteiger partial charge is 0.336 e. The van der Waals surface area contributed by atoms with E-state index in [0.29, 0.717) is 26.4 Å². The lowest BCUT2D eigenvalue weighted by atomic mass is 10.3. The molecule has 124 valence electrons. The molecule has 0 radical (unpaired) electrons. The maximum absolute atomic E-state index is 13.2. The van der Waals surface area contributed by atoms with E-state index in [4.69, 9.17) is 5.84 Å². The number of hydrogen-bond donors (Lipinski definition) is 2. The van der Waals surface area contributed by atoms with E-state index in [0.717, 1.165) is 18.7 Å². The van der Waals surface area contributed by atoms with Crippen molar-refractivity contribution in [2.45, 2.75) is 23.9 Å². The number of halogens is 1. The molecule has 0 saturated heterocycles. The average Bonchev–Trinajstić information content (AvgIpc) is 3.21. The molecular weight excluding hydrogens is 351 g/mol. The molecule has 0 aliphatic heterocycles. The SMILES string of the molecule is Nn1c(SCC(=O)Nc2nc3ccc(F)cc3s2)nnc1C1CC1. The Labute approximate surface area is 144 Å². The van der Waals surface area contributed by atoms with E-state index < -0.39 is 0 Å². The first-order chi connectivity index (χ1) is 11.6. The van der Waals surface area contributed by atoms with Gasteiger partial charge in [0.1, 0.15) is 5.82 Å². The third kappa shape index (κ3) is 3.06. The van der Waals surface area contributed by atoms with Gasteiger partial charge in [-0.2, -0.15) is 0 Å². The van der Waals surface area contributed by atoms with Crippen molar-refractivity contribution in [1.82, 2.24) is 19.9 Å². The van der Waals surface area contributed by atoms with Crippen molar-refractivity contribution in [3.63, 3.8) is 0 Å². The van der Waals surface area contributed by atoms with Crippen LogP contribution in [0.2, 0.25) is 0 Å². The van der Waals surface area contributed by atoms with Crippen molar-refractivity contribution >= 4 is 44.4 Å². The second-order valence-corrected chi connectivity index (χ2v) is 7.43. The molecule has 1 aliphatic rings. The molecule has 3 N–H and O–H groups in total. The molecule has 0 unspecified atom stereocenters. The van der Waals surface area contributed by atoms with Gasteiger partial charge in [-0.1, -0.05) is 23.1 Å². The van der Waals surface area contributed by atoms with Gasteiger partial charge in [0.25, 0.3) is 0 Å². The van der Waals surface area contributed by atoms with Crippen molar-refractivity contribution in [1.29, 1.82) is 0 Å². The van der Waals surface area contributed by atoms with Crippen LogP contribution in [0, 0.1) is 5.82 Å². The van der Waals surface area contributed by atoms with Crippen LogP contribution in [0.15, 0.2) is 23.4 Å². The minimum Gasteiger partial charge on any atom is -0.336 e. The minimum absolute atomic E-state index is 0.143. The van der Waals surface area contributed by atoms with Crippen LogP contribution in [0.25, 0.3) is 10.2 Å². The monoisotopic (exact) mass is 364 g/mol. The lowest BCUT2D eigenvalue weighted by Gasteiger charge is -2.02. The van der Waals surface area contributed by atoms with Crippen LogP contribution in [0.1, 0.15) is 24.6 Å². The first-order valence-corrected chi connectivity index (χ1v) is 9.09. The van der Waals surface area contributed by atoms with Crippen molar-refractivity contribution in [3.05, 3.63) is 29.8 Å². The van der Waals surface area contributed by atoms with Gasteiger partial charge in [0, 0.05) is 5.92 Å². The number of carbonyl (C=O) groups is 1. The molecule has 3 aromatic rings. The number of anilines is 1. The third-order valence-corrected chi connectivity index (χ3v) is 5.44. The van der Waals surface area contributed by atoms with Gasteiger partial charge in [-0.3, -0.25) is 4.79 Å². The summed E-state index contributed by atoms with van der Waals surface area (Å²) in [6.07, 6.45) is 2.16. The Hall–Kier alpha value is -2.20. The fourth-order valence-electron chi connectivity index (χ4n) is 2.24. The van der Waals surface area contributed by atoms with Gasteiger partial charge in [0.2, 0.25) is 11.1 Å². The molecule has 2 heterocycles. The minimum atomic E-state index is -0.326. The Morgan fingerprint density at radius 2 is 2.29 bits per heavy atom. The van der Waals surface area contributed by atoms with Gasteiger partial charge in [-0.05, 0) is 31.0 Å². The van der Waals surface area contributed by atoms with Gasteiger partial charge in [0.05, 0.1) is 16.0 Å². The van der Waals surface area contributed by atoms with E-state index in [9.17, 15) is 9.18 Å². The molecule has 2 aromatic heterocycles. The number of rotatable bonds is 5. The Bertz CT molecular complexity index is 919. The Kier molecular flexibility index (Phi) is 3.85. The molecule has 4 rings (SSSR count). The normalized spacial score (nSPS) is 14.2. The van der Waals surface area contributed by atoms with Crippen molar-refractivity contribution < 1.29 is 9.18 Å². The van der Waals surface area contributed by atoms with Crippen LogP contribution >= 0.6 is 23.1 Å². The maximum Gasteiger partial charge on any atom is 0.236 e. The standard InChI is InChI=1S/C14H13FN6OS2/c15-8-3-4-9-10(5-8)24-13(17-9)18-11(22)6-23-14-20-19-12(21(14)16)7-1-2-7/h3-5,7H,1-2,6,16H2,(H,17,18,22). The van der Waals surface area contributed by atoms with Crippen LogP contribution in [-0.4, -0.2) is 31.5 Å². The first-order valence-electron chi connectivity index (χ1n) is 7.29. The predicted molar refractivity (Wildman–Crippen MR) is 91.1 cm³/mol. The summed E-state index contributed by atoms with van der Waals surface area (Å²) in [5.74, 6) is 6.70. The van der Waals surface area contributed by atoms with Gasteiger partial charge >= 0.3 is 0 Å².